The van der Waals surface area contributed by atoms with E-state index in [1.54, 1.807) is 16.8 Å². The molecule has 0 fully saturated rings. The predicted octanol–water partition coefficient (Wildman–Crippen LogP) is 3.16. The molecule has 14 heavy (non-hydrogen) atoms. The lowest BCUT2D eigenvalue weighted by Gasteiger charge is -2.19. The van der Waals surface area contributed by atoms with Crippen LogP contribution in [0, 0.1) is 5.92 Å². The summed E-state index contributed by atoms with van der Waals surface area (Å²) in [6.07, 6.45) is 3.60. The molecule has 0 saturated heterocycles. The highest BCUT2D eigenvalue weighted by atomic mass is 32.1. The third-order valence-electron chi connectivity index (χ3n) is 2.56. The SMILES string of the molecule is CCC(C)CC(CC)Nc1nncs1. The molecule has 1 aromatic heterocycles. The molecule has 0 saturated carbocycles. The van der Waals surface area contributed by atoms with Gasteiger partial charge in [-0.05, 0) is 18.8 Å². The van der Waals surface area contributed by atoms with Crippen LogP contribution < -0.4 is 5.32 Å². The third-order valence-corrected chi connectivity index (χ3v) is 3.19. The lowest BCUT2D eigenvalue weighted by molar-refractivity contribution is 0.461. The van der Waals surface area contributed by atoms with Crippen LogP contribution in [0.3, 0.4) is 0 Å². The second-order valence-corrected chi connectivity index (χ2v) is 4.58. The van der Waals surface area contributed by atoms with Crippen LogP contribution in [0.25, 0.3) is 0 Å². The highest BCUT2D eigenvalue weighted by molar-refractivity contribution is 7.13. The van der Waals surface area contributed by atoms with Crippen LogP contribution in [0.4, 0.5) is 5.13 Å². The molecule has 0 bridgehead atoms. The molecule has 1 N–H and O–H groups in total. The van der Waals surface area contributed by atoms with Gasteiger partial charge in [0.2, 0.25) is 5.13 Å². The Morgan fingerprint density at radius 3 is 2.71 bits per heavy atom. The molecule has 1 heterocycles. The molecule has 3 nitrogen and oxygen atoms in total. The smallest absolute Gasteiger partial charge is 0.205 e. The first-order valence-corrected chi connectivity index (χ1v) is 6.16. The standard InChI is InChI=1S/C10H19N3S/c1-4-8(3)6-9(5-2)12-10-13-11-7-14-10/h7-9H,4-6H2,1-3H3,(H,12,13). The van der Waals surface area contributed by atoms with E-state index in [4.69, 9.17) is 0 Å². The average molecular weight is 213 g/mol. The average Bonchev–Trinajstić information content (AvgIpc) is 2.69. The Hall–Kier alpha value is -0.640. The quantitative estimate of drug-likeness (QED) is 0.788. The zero-order chi connectivity index (χ0) is 10.4. The number of anilines is 1. The van der Waals surface area contributed by atoms with Gasteiger partial charge in [-0.1, -0.05) is 38.5 Å². The Morgan fingerprint density at radius 2 is 2.21 bits per heavy atom. The van der Waals surface area contributed by atoms with E-state index in [0.29, 0.717) is 6.04 Å². The largest absolute Gasteiger partial charge is 0.357 e. The highest BCUT2D eigenvalue weighted by Crippen LogP contribution is 2.17. The number of rotatable bonds is 6. The van der Waals surface area contributed by atoms with Crippen molar-refractivity contribution in [3.8, 4) is 0 Å². The summed E-state index contributed by atoms with van der Waals surface area (Å²) < 4.78 is 0. The van der Waals surface area contributed by atoms with E-state index < -0.39 is 0 Å². The fraction of sp³-hybridized carbons (Fsp3) is 0.800. The monoisotopic (exact) mass is 213 g/mol. The molecule has 0 aliphatic carbocycles. The summed E-state index contributed by atoms with van der Waals surface area (Å²) in [4.78, 5) is 0. The van der Waals surface area contributed by atoms with Gasteiger partial charge in [-0.2, -0.15) is 0 Å². The summed E-state index contributed by atoms with van der Waals surface area (Å²) in [6, 6.07) is 0.540. The molecule has 1 rings (SSSR count). The second kappa shape index (κ2) is 5.96. The van der Waals surface area contributed by atoms with Gasteiger partial charge in [-0.25, -0.2) is 0 Å². The molecule has 80 valence electrons. The fourth-order valence-corrected chi connectivity index (χ4v) is 1.91. The molecule has 0 spiro atoms. The lowest BCUT2D eigenvalue weighted by atomic mass is 9.98. The van der Waals surface area contributed by atoms with Crippen LogP contribution in [-0.2, 0) is 0 Å². The van der Waals surface area contributed by atoms with Crippen LogP contribution in [0.2, 0.25) is 0 Å². The summed E-state index contributed by atoms with van der Waals surface area (Å²) in [5.41, 5.74) is 1.76. The summed E-state index contributed by atoms with van der Waals surface area (Å²) in [6.45, 7) is 6.74. The van der Waals surface area contributed by atoms with Crippen molar-refractivity contribution in [1.82, 2.24) is 10.2 Å². The van der Waals surface area contributed by atoms with Crippen molar-refractivity contribution in [2.75, 3.05) is 5.32 Å². The van der Waals surface area contributed by atoms with Crippen LogP contribution >= 0.6 is 11.3 Å². The fourth-order valence-electron chi connectivity index (χ4n) is 1.39. The van der Waals surface area contributed by atoms with Gasteiger partial charge in [-0.3, -0.25) is 0 Å². The lowest BCUT2D eigenvalue weighted by Crippen LogP contribution is -2.21. The first-order chi connectivity index (χ1) is 6.76. The van der Waals surface area contributed by atoms with Gasteiger partial charge in [-0.15, -0.1) is 10.2 Å². The van der Waals surface area contributed by atoms with Crippen LogP contribution in [-0.4, -0.2) is 16.2 Å². The minimum Gasteiger partial charge on any atom is -0.357 e. The zero-order valence-electron chi connectivity index (χ0n) is 9.16. The van der Waals surface area contributed by atoms with Gasteiger partial charge in [0.1, 0.15) is 5.51 Å². The summed E-state index contributed by atoms with van der Waals surface area (Å²) in [7, 11) is 0. The number of aromatic nitrogens is 2. The number of nitrogens with one attached hydrogen (secondary N) is 1. The maximum atomic E-state index is 3.99. The van der Waals surface area contributed by atoms with Crippen LogP contribution in [0.15, 0.2) is 5.51 Å². The Balaban J connectivity index is 2.39. The molecular formula is C10H19N3S. The van der Waals surface area contributed by atoms with Crippen molar-refractivity contribution in [2.24, 2.45) is 5.92 Å². The van der Waals surface area contributed by atoms with E-state index in [-0.39, 0.29) is 0 Å². The Labute approximate surface area is 89.9 Å². The number of nitrogens with zero attached hydrogens (tertiary/aromatic N) is 2. The van der Waals surface area contributed by atoms with Crippen molar-refractivity contribution < 1.29 is 0 Å². The Kier molecular flexibility index (Phi) is 4.87. The van der Waals surface area contributed by atoms with E-state index >= 15 is 0 Å². The molecule has 4 heteroatoms. The van der Waals surface area contributed by atoms with Crippen molar-refractivity contribution in [3.05, 3.63) is 5.51 Å². The summed E-state index contributed by atoms with van der Waals surface area (Å²) in [5, 5.41) is 12.2. The molecule has 0 aliphatic rings. The van der Waals surface area contributed by atoms with Crippen molar-refractivity contribution in [1.29, 1.82) is 0 Å². The van der Waals surface area contributed by atoms with Gasteiger partial charge >= 0.3 is 0 Å². The van der Waals surface area contributed by atoms with Crippen LogP contribution in [0.1, 0.15) is 40.0 Å². The molecular weight excluding hydrogens is 194 g/mol. The number of hydrogen-bond acceptors (Lipinski definition) is 4. The van der Waals surface area contributed by atoms with E-state index in [2.05, 4.69) is 36.3 Å². The zero-order valence-corrected chi connectivity index (χ0v) is 9.97. The van der Waals surface area contributed by atoms with Gasteiger partial charge in [0, 0.05) is 6.04 Å². The van der Waals surface area contributed by atoms with E-state index in [1.807, 2.05) is 0 Å². The van der Waals surface area contributed by atoms with Crippen molar-refractivity contribution in [3.63, 3.8) is 0 Å². The van der Waals surface area contributed by atoms with Gasteiger partial charge in [0.05, 0.1) is 0 Å². The molecule has 0 radical (unpaired) electrons. The van der Waals surface area contributed by atoms with Gasteiger partial charge < -0.3 is 5.32 Å². The highest BCUT2D eigenvalue weighted by Gasteiger charge is 2.11. The first kappa shape index (κ1) is 11.4. The van der Waals surface area contributed by atoms with Crippen molar-refractivity contribution >= 4 is 16.5 Å². The van der Waals surface area contributed by atoms with E-state index in [1.165, 1.54) is 12.8 Å². The summed E-state index contributed by atoms with van der Waals surface area (Å²) in [5.74, 6) is 0.778. The normalized spacial score (nSPS) is 15.1. The third kappa shape index (κ3) is 3.62. The molecule has 2 atom stereocenters. The molecule has 0 amide bonds. The van der Waals surface area contributed by atoms with Gasteiger partial charge in [0.25, 0.3) is 0 Å². The first-order valence-electron chi connectivity index (χ1n) is 5.28. The number of hydrogen-bond donors (Lipinski definition) is 1. The maximum Gasteiger partial charge on any atom is 0.205 e. The Bertz CT molecular complexity index is 236. The van der Waals surface area contributed by atoms with E-state index in [0.717, 1.165) is 17.5 Å². The minimum atomic E-state index is 0.540. The molecule has 2 unspecified atom stereocenters. The topological polar surface area (TPSA) is 37.8 Å². The van der Waals surface area contributed by atoms with E-state index in [9.17, 15) is 0 Å². The molecule has 0 aromatic carbocycles. The Morgan fingerprint density at radius 1 is 1.43 bits per heavy atom. The molecule has 0 aliphatic heterocycles. The predicted molar refractivity (Wildman–Crippen MR) is 61.7 cm³/mol. The maximum absolute atomic E-state index is 3.99. The van der Waals surface area contributed by atoms with Crippen LogP contribution in [0.5, 0.6) is 0 Å². The summed E-state index contributed by atoms with van der Waals surface area (Å²) >= 11 is 1.57. The second-order valence-electron chi connectivity index (χ2n) is 3.74. The molecule has 1 aromatic rings. The minimum absolute atomic E-state index is 0.540. The van der Waals surface area contributed by atoms with Crippen molar-refractivity contribution in [2.45, 2.75) is 46.1 Å². The van der Waals surface area contributed by atoms with Gasteiger partial charge in [0.15, 0.2) is 0 Å².